The number of esters is 3. The van der Waals surface area contributed by atoms with Gasteiger partial charge in [0.2, 0.25) is 0 Å². The van der Waals surface area contributed by atoms with Gasteiger partial charge in [-0.05, 0) is 83.5 Å². The number of carbonyl (C=O) groups excluding carboxylic acids is 3. The van der Waals surface area contributed by atoms with Crippen molar-refractivity contribution in [3.05, 3.63) is 97.2 Å². The molecule has 0 amide bonds. The Balaban J connectivity index is 4.17. The summed E-state index contributed by atoms with van der Waals surface area (Å²) in [5.74, 6) is -0.973. The van der Waals surface area contributed by atoms with Gasteiger partial charge >= 0.3 is 17.9 Å². The Bertz CT molecular complexity index is 1480. The Kier molecular flexibility index (Phi) is 59.8. The summed E-state index contributed by atoms with van der Waals surface area (Å²) in [6.07, 6.45) is 84.5. The summed E-state index contributed by atoms with van der Waals surface area (Å²) in [5, 5.41) is 0. The molecule has 0 aliphatic rings. The van der Waals surface area contributed by atoms with Gasteiger partial charge in [0.25, 0.3) is 0 Å². The molecular weight excluding hydrogens is 925 g/mol. The molecule has 6 heteroatoms. The zero-order valence-corrected chi connectivity index (χ0v) is 49.3. The topological polar surface area (TPSA) is 78.9 Å². The third-order valence-corrected chi connectivity index (χ3v) is 13.6. The molecule has 0 N–H and O–H groups in total. The van der Waals surface area contributed by atoms with Crippen molar-refractivity contribution in [1.29, 1.82) is 0 Å². The van der Waals surface area contributed by atoms with Crippen LogP contribution in [0, 0.1) is 0 Å². The zero-order chi connectivity index (χ0) is 54.3. The molecule has 430 valence electrons. The first-order valence-corrected chi connectivity index (χ1v) is 31.7. The Morgan fingerprint density at radius 1 is 0.280 bits per heavy atom. The zero-order valence-electron chi connectivity index (χ0n) is 49.3. The predicted octanol–water partition coefficient (Wildman–Crippen LogP) is 21.7. The molecule has 1 atom stereocenters. The quantitative estimate of drug-likeness (QED) is 0.0261. The van der Waals surface area contributed by atoms with Crippen LogP contribution in [0.4, 0.5) is 0 Å². The van der Waals surface area contributed by atoms with E-state index >= 15 is 0 Å². The molecule has 0 saturated heterocycles. The summed E-state index contributed by atoms with van der Waals surface area (Å²) in [5.41, 5.74) is 0. The molecule has 6 nitrogen and oxygen atoms in total. The van der Waals surface area contributed by atoms with Crippen LogP contribution in [0.15, 0.2) is 97.2 Å². The number of carbonyl (C=O) groups is 3. The van der Waals surface area contributed by atoms with Crippen LogP contribution in [0.2, 0.25) is 0 Å². The molecule has 0 saturated carbocycles. The highest BCUT2D eigenvalue weighted by Crippen LogP contribution is 2.17. The van der Waals surface area contributed by atoms with Gasteiger partial charge in [0.1, 0.15) is 13.2 Å². The normalized spacial score (nSPS) is 12.7. The van der Waals surface area contributed by atoms with Gasteiger partial charge in [0.05, 0.1) is 0 Å². The summed E-state index contributed by atoms with van der Waals surface area (Å²) in [4.78, 5) is 38.1. The summed E-state index contributed by atoms with van der Waals surface area (Å²) >= 11 is 0. The molecule has 0 aromatic rings. The first-order valence-electron chi connectivity index (χ1n) is 31.7. The van der Waals surface area contributed by atoms with Crippen molar-refractivity contribution in [3.63, 3.8) is 0 Å². The molecule has 0 fully saturated rings. The van der Waals surface area contributed by atoms with E-state index in [0.29, 0.717) is 19.3 Å². The van der Waals surface area contributed by atoms with Crippen molar-refractivity contribution in [1.82, 2.24) is 0 Å². The number of ether oxygens (including phenoxy) is 3. The minimum Gasteiger partial charge on any atom is -0.462 e. The van der Waals surface area contributed by atoms with Gasteiger partial charge in [-0.25, -0.2) is 0 Å². The van der Waals surface area contributed by atoms with Crippen molar-refractivity contribution in [3.8, 4) is 0 Å². The van der Waals surface area contributed by atoms with Gasteiger partial charge in [-0.1, -0.05) is 298 Å². The second-order valence-electron chi connectivity index (χ2n) is 20.9. The lowest BCUT2D eigenvalue weighted by Gasteiger charge is -2.18. The number of allylic oxidation sites excluding steroid dienone is 16. The van der Waals surface area contributed by atoms with E-state index in [1.165, 1.54) is 167 Å². The van der Waals surface area contributed by atoms with Crippen molar-refractivity contribution in [2.75, 3.05) is 13.2 Å². The van der Waals surface area contributed by atoms with Gasteiger partial charge in [0.15, 0.2) is 6.10 Å². The molecular formula is C69H118O6. The van der Waals surface area contributed by atoms with Gasteiger partial charge in [-0.2, -0.15) is 0 Å². The van der Waals surface area contributed by atoms with Crippen LogP contribution in [0.5, 0.6) is 0 Å². The van der Waals surface area contributed by atoms with E-state index in [-0.39, 0.29) is 37.5 Å². The predicted molar refractivity (Wildman–Crippen MR) is 325 cm³/mol. The van der Waals surface area contributed by atoms with Crippen LogP contribution in [0.3, 0.4) is 0 Å². The van der Waals surface area contributed by atoms with Crippen LogP contribution >= 0.6 is 0 Å². The summed E-state index contributed by atoms with van der Waals surface area (Å²) < 4.78 is 16.8. The molecule has 1 unspecified atom stereocenters. The van der Waals surface area contributed by atoms with E-state index in [1.54, 1.807) is 0 Å². The lowest BCUT2D eigenvalue weighted by molar-refractivity contribution is -0.166. The molecule has 0 bridgehead atoms. The highest BCUT2D eigenvalue weighted by atomic mass is 16.6. The van der Waals surface area contributed by atoms with E-state index in [9.17, 15) is 14.4 Å². The molecule has 0 aromatic heterocycles. The Labute approximate surface area is 464 Å². The van der Waals surface area contributed by atoms with E-state index in [0.717, 1.165) is 89.9 Å². The number of rotatable bonds is 57. The van der Waals surface area contributed by atoms with Crippen LogP contribution in [-0.4, -0.2) is 37.2 Å². The molecule has 0 aromatic carbocycles. The van der Waals surface area contributed by atoms with Crippen molar-refractivity contribution < 1.29 is 28.6 Å². The molecule has 0 heterocycles. The fourth-order valence-corrected chi connectivity index (χ4v) is 8.92. The van der Waals surface area contributed by atoms with Gasteiger partial charge in [-0.3, -0.25) is 14.4 Å². The maximum atomic E-state index is 12.8. The third-order valence-electron chi connectivity index (χ3n) is 13.6. The fourth-order valence-electron chi connectivity index (χ4n) is 8.92. The Morgan fingerprint density at radius 3 is 0.867 bits per heavy atom. The maximum Gasteiger partial charge on any atom is 0.306 e. The standard InChI is InChI=1S/C69H118O6/c1-4-7-10-13-16-19-22-25-26-27-28-29-30-31-32-33-34-35-36-37-38-39-40-41-42-45-47-50-53-56-59-62-68(71)74-65-66(75-69(72)63-60-57-54-51-48-44-24-21-18-15-12-9-6-3)64-73-67(70)61-58-55-52-49-46-43-23-20-17-14-11-8-5-2/h7,9-10,12,16,18-19,21,25-26,28-29,44,48,54,57,66H,4-6,8,11,13-15,17,20,22-24,27,30-43,45-47,49-53,55-56,58-65H2,1-3H3/b10-7-,12-9-,19-16-,21-18-,26-25-,29-28-,48-44-,57-54-. The van der Waals surface area contributed by atoms with Crippen LogP contribution < -0.4 is 0 Å². The second-order valence-corrected chi connectivity index (χ2v) is 20.9. The number of hydrogen-bond donors (Lipinski definition) is 0. The average molecular weight is 1040 g/mol. The SMILES string of the molecule is CC/C=C\C/C=C\C/C=C\C/C=C\CCCCCCCCCCCCCCCCCCCCC(=O)OCC(COC(=O)CCCCCCCCCCCCCCC)OC(=O)CC/C=C\C/C=C\C/C=C\C/C=C\CC. The average Bonchev–Trinajstić information content (AvgIpc) is 3.41. The van der Waals surface area contributed by atoms with E-state index in [1.807, 2.05) is 6.08 Å². The lowest BCUT2D eigenvalue weighted by Crippen LogP contribution is -2.30. The maximum absolute atomic E-state index is 12.8. The second kappa shape index (κ2) is 62.9. The monoisotopic (exact) mass is 1040 g/mol. The minimum absolute atomic E-state index is 0.102. The minimum atomic E-state index is -0.812. The first kappa shape index (κ1) is 71.3. The van der Waals surface area contributed by atoms with Crippen LogP contribution in [-0.2, 0) is 28.6 Å². The number of unbranched alkanes of at least 4 members (excludes halogenated alkanes) is 30. The molecule has 0 aliphatic carbocycles. The smallest absolute Gasteiger partial charge is 0.306 e. The fraction of sp³-hybridized carbons (Fsp3) is 0.725. The van der Waals surface area contributed by atoms with Crippen molar-refractivity contribution in [2.45, 2.75) is 309 Å². The van der Waals surface area contributed by atoms with Gasteiger partial charge in [-0.15, -0.1) is 0 Å². The molecule has 0 rings (SSSR count). The third kappa shape index (κ3) is 61.1. The first-order chi connectivity index (χ1) is 37.0. The van der Waals surface area contributed by atoms with Crippen LogP contribution in [0.1, 0.15) is 303 Å². The molecule has 0 spiro atoms. The van der Waals surface area contributed by atoms with E-state index in [4.69, 9.17) is 14.2 Å². The Morgan fingerprint density at radius 2 is 0.547 bits per heavy atom. The van der Waals surface area contributed by atoms with Crippen LogP contribution in [0.25, 0.3) is 0 Å². The van der Waals surface area contributed by atoms with Gasteiger partial charge in [0, 0.05) is 19.3 Å². The molecule has 75 heavy (non-hydrogen) atoms. The van der Waals surface area contributed by atoms with Crippen molar-refractivity contribution in [2.24, 2.45) is 0 Å². The summed E-state index contributed by atoms with van der Waals surface area (Å²) in [6, 6.07) is 0. The van der Waals surface area contributed by atoms with Crippen molar-refractivity contribution >= 4 is 17.9 Å². The largest absolute Gasteiger partial charge is 0.462 e. The summed E-state index contributed by atoms with van der Waals surface area (Å²) in [6.45, 7) is 6.37. The summed E-state index contributed by atoms with van der Waals surface area (Å²) in [7, 11) is 0. The lowest BCUT2D eigenvalue weighted by atomic mass is 10.0. The Hall–Kier alpha value is -3.67. The van der Waals surface area contributed by atoms with E-state index in [2.05, 4.69) is 112 Å². The van der Waals surface area contributed by atoms with E-state index < -0.39 is 6.10 Å². The molecule has 0 aliphatic heterocycles. The highest BCUT2D eigenvalue weighted by molar-refractivity contribution is 5.71. The van der Waals surface area contributed by atoms with Gasteiger partial charge < -0.3 is 14.2 Å². The molecule has 0 radical (unpaired) electrons. The number of hydrogen-bond acceptors (Lipinski definition) is 6. The highest BCUT2D eigenvalue weighted by Gasteiger charge is 2.19.